The number of hydrogen-bond donors (Lipinski definition) is 1. The van der Waals surface area contributed by atoms with Crippen LogP contribution < -0.4 is 5.32 Å². The lowest BCUT2D eigenvalue weighted by molar-refractivity contribution is -0.115. The molecule has 0 heterocycles. The van der Waals surface area contributed by atoms with Crippen molar-refractivity contribution in [3.05, 3.63) is 59.9 Å². The van der Waals surface area contributed by atoms with E-state index in [4.69, 9.17) is 0 Å². The maximum atomic E-state index is 13.5. The summed E-state index contributed by atoms with van der Waals surface area (Å²) >= 11 is 1.02. The fourth-order valence-electron chi connectivity index (χ4n) is 1.61. The number of rotatable bonds is 4. The number of anilines is 1. The second-order valence-corrected chi connectivity index (χ2v) is 5.69. The van der Waals surface area contributed by atoms with Gasteiger partial charge < -0.3 is 5.32 Å². The van der Waals surface area contributed by atoms with Crippen molar-refractivity contribution in [1.82, 2.24) is 0 Å². The van der Waals surface area contributed by atoms with Crippen molar-refractivity contribution in [2.75, 3.05) is 5.32 Å². The van der Waals surface area contributed by atoms with Crippen LogP contribution in [0, 0.1) is 17.5 Å². The normalized spacial score (nSPS) is 12.0. The lowest BCUT2D eigenvalue weighted by Gasteiger charge is -2.13. The number of nitrogens with one attached hydrogen (secondary N) is 1. The molecule has 0 bridgehead atoms. The van der Waals surface area contributed by atoms with Crippen molar-refractivity contribution in [3.8, 4) is 0 Å². The highest BCUT2D eigenvalue weighted by Gasteiger charge is 2.17. The molecule has 0 spiro atoms. The number of thioether (sulfide) groups is 1. The fourth-order valence-corrected chi connectivity index (χ4v) is 2.49. The predicted molar refractivity (Wildman–Crippen MR) is 76.7 cm³/mol. The van der Waals surface area contributed by atoms with Crippen molar-refractivity contribution in [3.63, 3.8) is 0 Å². The van der Waals surface area contributed by atoms with Crippen molar-refractivity contribution < 1.29 is 18.0 Å². The molecule has 0 radical (unpaired) electrons. The highest BCUT2D eigenvalue weighted by Crippen LogP contribution is 2.27. The predicted octanol–water partition coefficient (Wildman–Crippen LogP) is 4.22. The smallest absolute Gasteiger partial charge is 0.237 e. The molecule has 1 amide bonds. The van der Waals surface area contributed by atoms with Crippen LogP contribution in [-0.4, -0.2) is 11.2 Å². The van der Waals surface area contributed by atoms with Crippen LogP contribution in [0.15, 0.2) is 47.4 Å². The van der Waals surface area contributed by atoms with E-state index in [1.54, 1.807) is 25.1 Å². The number of hydrogen-bond acceptors (Lipinski definition) is 2. The number of amides is 1. The van der Waals surface area contributed by atoms with E-state index in [0.717, 1.165) is 23.9 Å². The summed E-state index contributed by atoms with van der Waals surface area (Å²) in [4.78, 5) is 12.3. The van der Waals surface area contributed by atoms with Crippen LogP contribution in [0.2, 0.25) is 0 Å². The summed E-state index contributed by atoms with van der Waals surface area (Å²) in [6, 6.07) is 8.95. The van der Waals surface area contributed by atoms with Gasteiger partial charge in [0, 0.05) is 11.0 Å². The summed E-state index contributed by atoms with van der Waals surface area (Å²) in [6.45, 7) is 1.58. The third kappa shape index (κ3) is 4.01. The fraction of sp³-hybridized carbons (Fsp3) is 0.133. The van der Waals surface area contributed by atoms with E-state index in [0.29, 0.717) is 11.0 Å². The van der Waals surface area contributed by atoms with E-state index in [1.807, 2.05) is 0 Å². The number of carbonyl (C=O) groups is 1. The summed E-state index contributed by atoms with van der Waals surface area (Å²) in [5.41, 5.74) is -0.109. The van der Waals surface area contributed by atoms with E-state index < -0.39 is 28.6 Å². The minimum Gasteiger partial charge on any atom is -0.323 e. The molecule has 0 fully saturated rings. The molecule has 1 N–H and O–H groups in total. The van der Waals surface area contributed by atoms with Crippen molar-refractivity contribution in [1.29, 1.82) is 0 Å². The number of carbonyl (C=O) groups excluding carboxylic acids is 1. The van der Waals surface area contributed by atoms with Crippen molar-refractivity contribution in [2.24, 2.45) is 0 Å². The summed E-state index contributed by atoms with van der Waals surface area (Å²) in [5, 5.41) is 1.72. The van der Waals surface area contributed by atoms with Gasteiger partial charge in [-0.05, 0) is 31.2 Å². The summed E-state index contributed by atoms with van der Waals surface area (Å²) in [5.74, 6) is -2.49. The Kier molecular flexibility index (Phi) is 4.90. The number of halogens is 3. The molecule has 0 saturated heterocycles. The first-order valence-corrected chi connectivity index (χ1v) is 7.02. The lowest BCUT2D eigenvalue weighted by atomic mass is 10.3. The molecule has 6 heteroatoms. The Morgan fingerprint density at radius 1 is 1.10 bits per heavy atom. The van der Waals surface area contributed by atoms with Crippen molar-refractivity contribution >= 4 is 23.4 Å². The maximum absolute atomic E-state index is 13.5. The Morgan fingerprint density at radius 2 is 1.81 bits per heavy atom. The monoisotopic (exact) mass is 311 g/mol. The van der Waals surface area contributed by atoms with E-state index in [9.17, 15) is 18.0 Å². The van der Waals surface area contributed by atoms with E-state index in [-0.39, 0.29) is 5.69 Å². The Morgan fingerprint density at radius 3 is 2.48 bits per heavy atom. The highest BCUT2D eigenvalue weighted by molar-refractivity contribution is 8.00. The molecule has 0 aliphatic rings. The zero-order valence-electron chi connectivity index (χ0n) is 11.1. The van der Waals surface area contributed by atoms with Gasteiger partial charge in [-0.3, -0.25) is 4.79 Å². The largest absolute Gasteiger partial charge is 0.323 e. The van der Waals surface area contributed by atoms with Crippen LogP contribution in [0.25, 0.3) is 0 Å². The minimum absolute atomic E-state index is 0.109. The molecule has 2 aromatic carbocycles. The highest BCUT2D eigenvalue weighted by atomic mass is 32.2. The molecular weight excluding hydrogens is 299 g/mol. The summed E-state index contributed by atoms with van der Waals surface area (Å²) < 4.78 is 39.7. The molecule has 0 aliphatic heterocycles. The second kappa shape index (κ2) is 6.67. The van der Waals surface area contributed by atoms with Crippen LogP contribution in [0.5, 0.6) is 0 Å². The molecule has 1 unspecified atom stereocenters. The van der Waals surface area contributed by atoms with Gasteiger partial charge in [0.1, 0.15) is 17.5 Å². The zero-order chi connectivity index (χ0) is 15.4. The lowest BCUT2D eigenvalue weighted by Crippen LogP contribution is -2.23. The van der Waals surface area contributed by atoms with Gasteiger partial charge in [-0.2, -0.15) is 0 Å². The third-order valence-electron chi connectivity index (χ3n) is 2.70. The standard InChI is InChI=1S/C15H12F3NOS/c1-9(21-14-5-3-2-4-11(14)17)15(20)19-13-7-6-10(16)8-12(13)18/h2-9H,1H3,(H,19,20). The van der Waals surface area contributed by atoms with Gasteiger partial charge in [0.2, 0.25) is 5.91 Å². The van der Waals surface area contributed by atoms with E-state index in [1.165, 1.54) is 6.07 Å². The van der Waals surface area contributed by atoms with Crippen LogP contribution in [0.1, 0.15) is 6.92 Å². The van der Waals surface area contributed by atoms with Crippen LogP contribution >= 0.6 is 11.8 Å². The van der Waals surface area contributed by atoms with Gasteiger partial charge in [-0.1, -0.05) is 12.1 Å². The van der Waals surface area contributed by atoms with Gasteiger partial charge in [0.25, 0.3) is 0 Å². The quantitative estimate of drug-likeness (QED) is 0.856. The summed E-state index contributed by atoms with van der Waals surface area (Å²) in [7, 11) is 0. The van der Waals surface area contributed by atoms with Gasteiger partial charge in [0.15, 0.2) is 0 Å². The molecule has 0 saturated carbocycles. The van der Waals surface area contributed by atoms with Gasteiger partial charge in [-0.15, -0.1) is 11.8 Å². The first-order chi connectivity index (χ1) is 9.97. The van der Waals surface area contributed by atoms with Gasteiger partial charge in [0.05, 0.1) is 10.9 Å². The molecule has 2 nitrogen and oxygen atoms in total. The maximum Gasteiger partial charge on any atom is 0.237 e. The Balaban J connectivity index is 2.04. The molecule has 2 aromatic rings. The van der Waals surface area contributed by atoms with E-state index >= 15 is 0 Å². The average molecular weight is 311 g/mol. The molecule has 0 aromatic heterocycles. The molecule has 21 heavy (non-hydrogen) atoms. The van der Waals surface area contributed by atoms with Crippen LogP contribution in [0.4, 0.5) is 18.9 Å². The third-order valence-corrected chi connectivity index (χ3v) is 3.85. The van der Waals surface area contributed by atoms with E-state index in [2.05, 4.69) is 5.32 Å². The van der Waals surface area contributed by atoms with Crippen molar-refractivity contribution in [2.45, 2.75) is 17.1 Å². The Hall–Kier alpha value is -1.95. The minimum atomic E-state index is -0.855. The SMILES string of the molecule is CC(Sc1ccccc1F)C(=O)Nc1ccc(F)cc1F. The zero-order valence-corrected chi connectivity index (χ0v) is 11.9. The van der Waals surface area contributed by atoms with Gasteiger partial charge in [-0.25, -0.2) is 13.2 Å². The molecule has 110 valence electrons. The average Bonchev–Trinajstić information content (AvgIpc) is 2.44. The van der Waals surface area contributed by atoms with Crippen LogP contribution in [-0.2, 0) is 4.79 Å². The van der Waals surface area contributed by atoms with Crippen LogP contribution in [0.3, 0.4) is 0 Å². The molecule has 0 aliphatic carbocycles. The Labute approximate surface area is 124 Å². The topological polar surface area (TPSA) is 29.1 Å². The summed E-state index contributed by atoms with van der Waals surface area (Å²) in [6.07, 6.45) is 0. The molecular formula is C15H12F3NOS. The number of benzene rings is 2. The Bertz CT molecular complexity index is 663. The first kappa shape index (κ1) is 15.4. The molecule has 2 rings (SSSR count). The second-order valence-electron chi connectivity index (χ2n) is 4.30. The first-order valence-electron chi connectivity index (χ1n) is 6.14. The molecule has 1 atom stereocenters. The van der Waals surface area contributed by atoms with Gasteiger partial charge >= 0.3 is 0 Å².